The lowest BCUT2D eigenvalue weighted by Crippen LogP contribution is -2.29. The molecule has 0 saturated heterocycles. The highest BCUT2D eigenvalue weighted by atomic mass is 35.5. The van der Waals surface area contributed by atoms with Crippen molar-refractivity contribution in [1.82, 2.24) is 10.3 Å². The molecule has 0 atom stereocenters. The third kappa shape index (κ3) is 4.45. The van der Waals surface area contributed by atoms with E-state index in [1.54, 1.807) is 30.3 Å². The van der Waals surface area contributed by atoms with Gasteiger partial charge in [-0.15, -0.1) is 0 Å². The van der Waals surface area contributed by atoms with E-state index in [2.05, 4.69) is 10.3 Å². The average Bonchev–Trinajstić information content (AvgIpc) is 2.71. The van der Waals surface area contributed by atoms with E-state index >= 15 is 0 Å². The van der Waals surface area contributed by atoms with Crippen molar-refractivity contribution in [2.75, 3.05) is 13.2 Å². The Balaban J connectivity index is 1.89. The SMILES string of the molecule is N#CCCNC(=O)COC(=O)c1cc(-c2ccccc2Cl)nc2ccccc12. The number of benzene rings is 2. The molecule has 0 aliphatic heterocycles. The number of hydrogen-bond acceptors (Lipinski definition) is 5. The van der Waals surface area contributed by atoms with Crippen LogP contribution in [0.2, 0.25) is 5.02 Å². The minimum Gasteiger partial charge on any atom is -0.452 e. The number of fused-ring (bicyclic) bond motifs is 1. The average molecular weight is 394 g/mol. The summed E-state index contributed by atoms with van der Waals surface area (Å²) in [5.41, 5.74) is 2.14. The molecule has 140 valence electrons. The van der Waals surface area contributed by atoms with E-state index in [9.17, 15) is 9.59 Å². The first kappa shape index (κ1) is 19.3. The summed E-state index contributed by atoms with van der Waals surface area (Å²) >= 11 is 6.27. The van der Waals surface area contributed by atoms with Crippen molar-refractivity contribution in [3.05, 3.63) is 65.2 Å². The molecule has 0 aliphatic carbocycles. The fourth-order valence-electron chi connectivity index (χ4n) is 2.67. The molecule has 28 heavy (non-hydrogen) atoms. The van der Waals surface area contributed by atoms with Gasteiger partial charge in [-0.05, 0) is 18.2 Å². The predicted octanol–water partition coefficient (Wildman–Crippen LogP) is 3.74. The molecule has 1 amide bonds. The van der Waals surface area contributed by atoms with E-state index < -0.39 is 18.5 Å². The van der Waals surface area contributed by atoms with Crippen molar-refractivity contribution in [1.29, 1.82) is 5.26 Å². The summed E-state index contributed by atoms with van der Waals surface area (Å²) in [7, 11) is 0. The number of nitrogens with one attached hydrogen (secondary N) is 1. The number of ether oxygens (including phenoxy) is 1. The van der Waals surface area contributed by atoms with Crippen LogP contribution in [0.4, 0.5) is 0 Å². The van der Waals surface area contributed by atoms with Crippen LogP contribution in [-0.4, -0.2) is 30.0 Å². The molecule has 2 aromatic carbocycles. The largest absolute Gasteiger partial charge is 0.452 e. The number of aromatic nitrogens is 1. The lowest BCUT2D eigenvalue weighted by atomic mass is 10.0. The molecule has 0 aliphatic rings. The van der Waals surface area contributed by atoms with Gasteiger partial charge < -0.3 is 10.1 Å². The van der Waals surface area contributed by atoms with Gasteiger partial charge in [0.05, 0.1) is 29.3 Å². The van der Waals surface area contributed by atoms with Crippen LogP contribution in [0.15, 0.2) is 54.6 Å². The van der Waals surface area contributed by atoms with Crippen molar-refractivity contribution < 1.29 is 14.3 Å². The molecule has 1 aromatic heterocycles. The van der Waals surface area contributed by atoms with Gasteiger partial charge >= 0.3 is 5.97 Å². The summed E-state index contributed by atoms with van der Waals surface area (Å²) in [5.74, 6) is -1.10. The lowest BCUT2D eigenvalue weighted by Gasteiger charge is -2.11. The predicted molar refractivity (Wildman–Crippen MR) is 106 cm³/mol. The second kappa shape index (κ2) is 8.98. The number of halogens is 1. The first-order chi connectivity index (χ1) is 13.6. The second-order valence-electron chi connectivity index (χ2n) is 5.89. The van der Waals surface area contributed by atoms with E-state index in [-0.39, 0.29) is 13.0 Å². The van der Waals surface area contributed by atoms with Crippen LogP contribution in [0.25, 0.3) is 22.2 Å². The monoisotopic (exact) mass is 393 g/mol. The number of carbonyl (C=O) groups is 2. The highest BCUT2D eigenvalue weighted by Gasteiger charge is 2.17. The molecule has 1 N–H and O–H groups in total. The van der Waals surface area contributed by atoms with E-state index in [4.69, 9.17) is 21.6 Å². The van der Waals surface area contributed by atoms with Crippen LogP contribution < -0.4 is 5.32 Å². The quantitative estimate of drug-likeness (QED) is 0.508. The topological polar surface area (TPSA) is 92.1 Å². The van der Waals surface area contributed by atoms with Crippen molar-refractivity contribution >= 4 is 34.4 Å². The normalized spacial score (nSPS) is 10.3. The maximum atomic E-state index is 12.6. The van der Waals surface area contributed by atoms with Crippen LogP contribution in [0.3, 0.4) is 0 Å². The second-order valence-corrected chi connectivity index (χ2v) is 6.29. The van der Waals surface area contributed by atoms with Crippen molar-refractivity contribution in [3.8, 4) is 17.3 Å². The highest BCUT2D eigenvalue weighted by molar-refractivity contribution is 6.33. The van der Waals surface area contributed by atoms with Crippen LogP contribution in [0.1, 0.15) is 16.8 Å². The Labute approximate surface area is 166 Å². The molecule has 7 heteroatoms. The Morgan fingerprint density at radius 1 is 1.14 bits per heavy atom. The summed E-state index contributed by atoms with van der Waals surface area (Å²) in [5, 5.41) is 12.1. The number of esters is 1. The Morgan fingerprint density at radius 2 is 1.89 bits per heavy atom. The molecule has 0 fully saturated rings. The Kier molecular flexibility index (Phi) is 6.20. The van der Waals surface area contributed by atoms with Gasteiger partial charge in [-0.3, -0.25) is 4.79 Å². The summed E-state index contributed by atoms with van der Waals surface area (Å²) in [6.07, 6.45) is 0.190. The first-order valence-electron chi connectivity index (χ1n) is 8.55. The zero-order valence-corrected chi connectivity index (χ0v) is 15.6. The maximum Gasteiger partial charge on any atom is 0.339 e. The number of para-hydroxylation sites is 1. The number of amides is 1. The summed E-state index contributed by atoms with van der Waals surface area (Å²) in [6.45, 7) is -0.218. The molecule has 0 bridgehead atoms. The van der Waals surface area contributed by atoms with Gasteiger partial charge in [-0.1, -0.05) is 48.0 Å². The standard InChI is InChI=1S/C21H16ClN3O3/c22-17-8-3-1-7-15(17)19-12-16(14-6-2-4-9-18(14)25-19)21(27)28-13-20(26)24-11-5-10-23/h1-4,6-9,12H,5,11,13H2,(H,24,26). The number of nitrogens with zero attached hydrogens (tertiary/aromatic N) is 2. The summed E-state index contributed by atoms with van der Waals surface area (Å²) < 4.78 is 5.16. The highest BCUT2D eigenvalue weighted by Crippen LogP contribution is 2.30. The molecule has 1 heterocycles. The van der Waals surface area contributed by atoms with E-state index in [1.165, 1.54) is 0 Å². The van der Waals surface area contributed by atoms with Crippen molar-refractivity contribution in [3.63, 3.8) is 0 Å². The van der Waals surface area contributed by atoms with E-state index in [0.717, 1.165) is 0 Å². The molecule has 6 nitrogen and oxygen atoms in total. The minimum absolute atomic E-state index is 0.190. The van der Waals surface area contributed by atoms with Gasteiger partial charge in [-0.25, -0.2) is 9.78 Å². The summed E-state index contributed by atoms with van der Waals surface area (Å²) in [6, 6.07) is 17.9. The van der Waals surface area contributed by atoms with Crippen LogP contribution in [-0.2, 0) is 9.53 Å². The Morgan fingerprint density at radius 3 is 2.68 bits per heavy atom. The van der Waals surface area contributed by atoms with Crippen molar-refractivity contribution in [2.45, 2.75) is 6.42 Å². The van der Waals surface area contributed by atoms with Crippen molar-refractivity contribution in [2.24, 2.45) is 0 Å². The number of rotatable bonds is 6. The molecule has 0 radical (unpaired) electrons. The first-order valence-corrected chi connectivity index (χ1v) is 8.93. The van der Waals surface area contributed by atoms with Crippen LogP contribution in [0, 0.1) is 11.3 Å². The fourth-order valence-corrected chi connectivity index (χ4v) is 2.90. The van der Waals surface area contributed by atoms with E-state index in [1.807, 2.05) is 30.3 Å². The lowest BCUT2D eigenvalue weighted by molar-refractivity contribution is -0.124. The maximum absolute atomic E-state index is 12.6. The Bertz CT molecular complexity index is 1080. The zero-order chi connectivity index (χ0) is 19.9. The number of hydrogen-bond donors (Lipinski definition) is 1. The van der Waals surface area contributed by atoms with Gasteiger partial charge in [0.25, 0.3) is 5.91 Å². The van der Waals surface area contributed by atoms with Gasteiger partial charge in [0.1, 0.15) is 0 Å². The smallest absolute Gasteiger partial charge is 0.339 e. The van der Waals surface area contributed by atoms with Gasteiger partial charge in [-0.2, -0.15) is 5.26 Å². The van der Waals surface area contributed by atoms with Gasteiger partial charge in [0.2, 0.25) is 0 Å². The fraction of sp³-hybridized carbons (Fsp3) is 0.143. The molecule has 3 aromatic rings. The molecular weight excluding hydrogens is 378 g/mol. The number of pyridine rings is 1. The minimum atomic E-state index is -0.637. The number of carbonyl (C=O) groups excluding carboxylic acids is 2. The molecule has 3 rings (SSSR count). The van der Waals surface area contributed by atoms with Gasteiger partial charge in [0.15, 0.2) is 6.61 Å². The molecule has 0 saturated carbocycles. The Hall–Kier alpha value is -3.43. The van der Waals surface area contributed by atoms with Crippen LogP contribution >= 0.6 is 11.6 Å². The third-order valence-corrected chi connectivity index (χ3v) is 4.31. The summed E-state index contributed by atoms with van der Waals surface area (Å²) in [4.78, 5) is 29.0. The van der Waals surface area contributed by atoms with Crippen LogP contribution in [0.5, 0.6) is 0 Å². The molecule has 0 unspecified atom stereocenters. The van der Waals surface area contributed by atoms with Gasteiger partial charge in [0, 0.05) is 22.5 Å². The third-order valence-electron chi connectivity index (χ3n) is 3.98. The zero-order valence-electron chi connectivity index (χ0n) is 14.8. The number of nitriles is 1. The molecular formula is C21H16ClN3O3. The van der Waals surface area contributed by atoms with E-state index in [0.29, 0.717) is 32.7 Å². The molecule has 0 spiro atoms.